The normalized spacial score (nSPS) is 26.2. The van der Waals surface area contributed by atoms with Crippen molar-refractivity contribution in [1.29, 1.82) is 0 Å². The second kappa shape index (κ2) is 6.17. The van der Waals surface area contributed by atoms with Crippen molar-refractivity contribution in [2.75, 3.05) is 20.2 Å². The molecule has 0 spiro atoms. The Morgan fingerprint density at radius 1 is 1.34 bits per heavy atom. The fourth-order valence-corrected chi connectivity index (χ4v) is 6.28. The summed E-state index contributed by atoms with van der Waals surface area (Å²) >= 11 is 0. The number of esters is 1. The lowest BCUT2D eigenvalue weighted by molar-refractivity contribution is -0.134. The van der Waals surface area contributed by atoms with Crippen molar-refractivity contribution in [3.05, 3.63) is 35.5 Å². The molecule has 0 bridgehead atoms. The second-order valence-electron chi connectivity index (χ2n) is 8.32. The third kappa shape index (κ3) is 2.49. The van der Waals surface area contributed by atoms with Gasteiger partial charge in [-0.05, 0) is 62.1 Å². The predicted octanol–water partition coefficient (Wildman–Crippen LogP) is 2.41. The monoisotopic (exact) mass is 415 g/mol. The third-order valence-electron chi connectivity index (χ3n) is 7.04. The van der Waals surface area contributed by atoms with Crippen molar-refractivity contribution in [2.24, 2.45) is 10.6 Å². The van der Waals surface area contributed by atoms with Crippen LogP contribution < -0.4 is 5.14 Å². The van der Waals surface area contributed by atoms with E-state index < -0.39 is 10.0 Å². The van der Waals surface area contributed by atoms with Crippen LogP contribution in [0.5, 0.6) is 0 Å². The first-order valence-corrected chi connectivity index (χ1v) is 11.6. The van der Waals surface area contributed by atoms with Crippen LogP contribution in [0.1, 0.15) is 43.5 Å². The van der Waals surface area contributed by atoms with Gasteiger partial charge in [0.15, 0.2) is 0 Å². The van der Waals surface area contributed by atoms with E-state index in [4.69, 9.17) is 9.88 Å². The lowest BCUT2D eigenvalue weighted by Crippen LogP contribution is -2.51. The van der Waals surface area contributed by atoms with Gasteiger partial charge in [-0.2, -0.15) is 0 Å². The third-order valence-corrected chi connectivity index (χ3v) is 7.95. The Hall–Kier alpha value is -2.16. The van der Waals surface area contributed by atoms with Crippen LogP contribution in [-0.2, 0) is 26.0 Å². The highest BCUT2D eigenvalue weighted by Crippen LogP contribution is 2.57. The van der Waals surface area contributed by atoms with Gasteiger partial charge in [0.1, 0.15) is 5.70 Å². The Morgan fingerprint density at radius 2 is 2.14 bits per heavy atom. The largest absolute Gasteiger partial charge is 0.464 e. The average Bonchev–Trinajstić information content (AvgIpc) is 3.05. The number of methoxy groups -OCH3 is 1. The quantitative estimate of drug-likeness (QED) is 0.777. The number of nitrogens with two attached hydrogens (primary N) is 1. The number of carbonyl (C=O) groups excluding carboxylic acids is 1. The number of ether oxygens (including phenoxy) is 1. The number of piperidine rings is 1. The number of nitrogens with zero attached hydrogens (tertiary/aromatic N) is 2. The predicted molar refractivity (Wildman–Crippen MR) is 110 cm³/mol. The SMILES string of the molecule is CC[C@@]12C=C(C(=O)OC)n3c4c(c5cc(S(N)(=O)=O)ccc53)CCN(CCC1)[C@H]42. The van der Waals surface area contributed by atoms with Gasteiger partial charge in [0.05, 0.1) is 23.6 Å². The molecule has 1 aromatic carbocycles. The van der Waals surface area contributed by atoms with Crippen LogP contribution in [0.25, 0.3) is 16.6 Å². The zero-order chi connectivity index (χ0) is 20.6. The minimum absolute atomic E-state index is 0.0978. The molecule has 2 aromatic rings. The number of carbonyl (C=O) groups is 1. The van der Waals surface area contributed by atoms with Gasteiger partial charge >= 0.3 is 5.97 Å². The van der Waals surface area contributed by atoms with E-state index in [0.29, 0.717) is 5.70 Å². The summed E-state index contributed by atoms with van der Waals surface area (Å²) in [7, 11) is -2.41. The number of primary sulfonamides is 1. The van der Waals surface area contributed by atoms with Gasteiger partial charge in [0.25, 0.3) is 0 Å². The Labute approximate surface area is 170 Å². The molecule has 0 unspecified atom stereocenters. The van der Waals surface area contributed by atoms with Gasteiger partial charge in [-0.1, -0.05) is 6.92 Å². The highest BCUT2D eigenvalue weighted by Gasteiger charge is 2.51. The molecule has 29 heavy (non-hydrogen) atoms. The van der Waals surface area contributed by atoms with Gasteiger partial charge in [0, 0.05) is 23.0 Å². The molecule has 8 heteroatoms. The van der Waals surface area contributed by atoms with Crippen molar-refractivity contribution < 1.29 is 17.9 Å². The van der Waals surface area contributed by atoms with E-state index in [1.54, 1.807) is 12.1 Å². The number of benzene rings is 1. The molecular weight excluding hydrogens is 390 g/mol. The first-order valence-electron chi connectivity index (χ1n) is 10.1. The number of fused-ring (bicyclic) bond motifs is 3. The first-order chi connectivity index (χ1) is 13.8. The average molecular weight is 416 g/mol. The van der Waals surface area contributed by atoms with Crippen LogP contribution >= 0.6 is 0 Å². The molecule has 1 fully saturated rings. The highest BCUT2D eigenvalue weighted by molar-refractivity contribution is 7.89. The van der Waals surface area contributed by atoms with Crippen LogP contribution in [0.3, 0.4) is 0 Å². The lowest BCUT2D eigenvalue weighted by Gasteiger charge is -2.53. The van der Waals surface area contributed by atoms with Gasteiger partial charge in [0.2, 0.25) is 10.0 Å². The van der Waals surface area contributed by atoms with Crippen LogP contribution in [0.4, 0.5) is 0 Å². The number of hydrogen-bond acceptors (Lipinski definition) is 5. The second-order valence-corrected chi connectivity index (χ2v) is 9.88. The summed E-state index contributed by atoms with van der Waals surface area (Å²) in [6, 6.07) is 5.12. The summed E-state index contributed by atoms with van der Waals surface area (Å²) in [6.45, 7) is 4.15. The highest BCUT2D eigenvalue weighted by atomic mass is 32.2. The fraction of sp³-hybridized carbons (Fsp3) is 0.476. The molecule has 5 rings (SSSR count). The Kier molecular flexibility index (Phi) is 4.01. The van der Waals surface area contributed by atoms with E-state index in [-0.39, 0.29) is 22.3 Å². The summed E-state index contributed by atoms with van der Waals surface area (Å²) in [4.78, 5) is 15.4. The van der Waals surface area contributed by atoms with E-state index >= 15 is 0 Å². The summed E-state index contributed by atoms with van der Waals surface area (Å²) in [5.74, 6) is -0.366. The number of aromatic nitrogens is 1. The van der Waals surface area contributed by atoms with Crippen LogP contribution in [0.2, 0.25) is 0 Å². The van der Waals surface area contributed by atoms with Gasteiger partial charge in [-0.15, -0.1) is 0 Å². The van der Waals surface area contributed by atoms with E-state index in [1.807, 2.05) is 4.57 Å². The number of sulfonamides is 1. The summed E-state index contributed by atoms with van der Waals surface area (Å²) in [6.07, 6.45) is 5.98. The molecular formula is C21H25N3O4S. The molecule has 154 valence electrons. The molecule has 1 aromatic heterocycles. The molecule has 2 N–H and O–H groups in total. The van der Waals surface area contributed by atoms with Crippen molar-refractivity contribution in [2.45, 2.75) is 43.5 Å². The summed E-state index contributed by atoms with van der Waals surface area (Å²) in [5.41, 5.74) is 3.48. The molecule has 3 aliphatic rings. The molecule has 0 aliphatic carbocycles. The fourth-order valence-electron chi connectivity index (χ4n) is 5.74. The molecule has 0 radical (unpaired) electrons. The Balaban J connectivity index is 1.88. The Morgan fingerprint density at radius 3 is 2.83 bits per heavy atom. The summed E-state index contributed by atoms with van der Waals surface area (Å²) < 4.78 is 31.0. The van der Waals surface area contributed by atoms with Crippen LogP contribution in [0, 0.1) is 5.41 Å². The minimum atomic E-state index is -3.81. The molecule has 2 atom stereocenters. The van der Waals surface area contributed by atoms with Crippen molar-refractivity contribution in [1.82, 2.24) is 9.47 Å². The van der Waals surface area contributed by atoms with Crippen molar-refractivity contribution in [3.63, 3.8) is 0 Å². The van der Waals surface area contributed by atoms with Crippen LogP contribution in [-0.4, -0.2) is 44.1 Å². The van der Waals surface area contributed by atoms with Gasteiger partial charge in [-0.25, -0.2) is 18.4 Å². The van der Waals surface area contributed by atoms with E-state index in [9.17, 15) is 13.2 Å². The molecule has 0 saturated carbocycles. The molecule has 7 nitrogen and oxygen atoms in total. The maximum Gasteiger partial charge on any atom is 0.354 e. The zero-order valence-electron chi connectivity index (χ0n) is 16.6. The minimum Gasteiger partial charge on any atom is -0.464 e. The maximum atomic E-state index is 12.8. The summed E-state index contributed by atoms with van der Waals surface area (Å²) in [5, 5.41) is 6.25. The first kappa shape index (κ1) is 18.8. The zero-order valence-corrected chi connectivity index (χ0v) is 17.5. The van der Waals surface area contributed by atoms with E-state index in [1.165, 1.54) is 13.2 Å². The standard InChI is InChI=1S/C21H25N3O4S/c1-3-21-8-4-9-23-10-7-14-15-11-13(29(22,26)27)5-6-16(15)24(18(14)19(21)23)17(12-21)20(25)28-2/h5-6,11-12,19H,3-4,7-10H2,1-2H3,(H2,22,26,27)/t19-,21+/m1/s1. The molecule has 3 aliphatic heterocycles. The van der Waals surface area contributed by atoms with Gasteiger partial charge < -0.3 is 9.30 Å². The maximum absolute atomic E-state index is 12.8. The molecule has 1 saturated heterocycles. The Bertz CT molecular complexity index is 1180. The topological polar surface area (TPSA) is 94.6 Å². The van der Waals surface area contributed by atoms with E-state index in [2.05, 4.69) is 17.9 Å². The van der Waals surface area contributed by atoms with Crippen LogP contribution in [0.15, 0.2) is 29.2 Å². The lowest BCUT2D eigenvalue weighted by atomic mass is 9.66. The number of rotatable bonds is 3. The van der Waals surface area contributed by atoms with Crippen molar-refractivity contribution >= 4 is 32.6 Å². The smallest absolute Gasteiger partial charge is 0.354 e. The van der Waals surface area contributed by atoms with E-state index in [0.717, 1.165) is 60.9 Å². The molecule has 4 heterocycles. The van der Waals surface area contributed by atoms with Crippen molar-refractivity contribution in [3.8, 4) is 0 Å². The van der Waals surface area contributed by atoms with Gasteiger partial charge in [-0.3, -0.25) is 4.90 Å². The number of hydrogen-bond donors (Lipinski definition) is 1. The molecule has 0 amide bonds.